The van der Waals surface area contributed by atoms with Gasteiger partial charge in [0.25, 0.3) is 5.91 Å². The summed E-state index contributed by atoms with van der Waals surface area (Å²) in [5, 5.41) is 2.85. The average Bonchev–Trinajstić information content (AvgIpc) is 2.47. The molecule has 0 heterocycles. The molecule has 0 unspecified atom stereocenters. The number of nitrogens with one attached hydrogen (secondary N) is 1. The van der Waals surface area contributed by atoms with Crippen LogP contribution in [0.3, 0.4) is 0 Å². The van der Waals surface area contributed by atoms with Crippen LogP contribution in [0.5, 0.6) is 5.75 Å². The summed E-state index contributed by atoms with van der Waals surface area (Å²) < 4.78 is 6.34. The van der Waals surface area contributed by atoms with Gasteiger partial charge in [0.15, 0.2) is 0 Å². The molecule has 3 nitrogen and oxygen atoms in total. The first kappa shape index (κ1) is 14.6. The van der Waals surface area contributed by atoms with Crippen LogP contribution < -0.4 is 10.1 Å². The largest absolute Gasteiger partial charge is 0.492 e. The zero-order valence-electron chi connectivity index (χ0n) is 11.2. The lowest BCUT2D eigenvalue weighted by atomic mass is 10.2. The molecule has 2 rings (SSSR count). The van der Waals surface area contributed by atoms with E-state index in [4.69, 9.17) is 4.74 Å². The van der Waals surface area contributed by atoms with Crippen LogP contribution in [-0.2, 0) is 0 Å². The van der Waals surface area contributed by atoms with Crippen LogP contribution in [-0.4, -0.2) is 12.5 Å². The van der Waals surface area contributed by atoms with Crippen molar-refractivity contribution in [2.24, 2.45) is 0 Å². The van der Waals surface area contributed by atoms with Gasteiger partial charge in [-0.1, -0.05) is 25.1 Å². The normalized spacial score (nSPS) is 10.1. The van der Waals surface area contributed by atoms with Gasteiger partial charge in [-0.2, -0.15) is 0 Å². The number of carbonyl (C=O) groups is 1. The highest BCUT2D eigenvalue weighted by atomic mass is 79.9. The standard InChI is InChI=1S/C16H16BrNO2/c1-2-10-20-15-9-8-12(11-14(15)17)16(19)18-13-6-4-3-5-7-13/h3-9,11H,2,10H2,1H3,(H,18,19). The van der Waals surface area contributed by atoms with Gasteiger partial charge >= 0.3 is 0 Å². The Labute approximate surface area is 127 Å². The van der Waals surface area contributed by atoms with Crippen molar-refractivity contribution in [2.75, 3.05) is 11.9 Å². The molecule has 0 aromatic heterocycles. The molecule has 1 amide bonds. The van der Waals surface area contributed by atoms with E-state index in [-0.39, 0.29) is 5.91 Å². The Morgan fingerprint density at radius 2 is 1.95 bits per heavy atom. The summed E-state index contributed by atoms with van der Waals surface area (Å²) >= 11 is 3.43. The summed E-state index contributed by atoms with van der Waals surface area (Å²) in [6.45, 7) is 2.71. The molecule has 0 saturated carbocycles. The molecule has 0 aliphatic carbocycles. The molecule has 0 spiro atoms. The number of anilines is 1. The summed E-state index contributed by atoms with van der Waals surface area (Å²) in [5.74, 6) is 0.613. The number of hydrogen-bond acceptors (Lipinski definition) is 2. The highest BCUT2D eigenvalue weighted by Gasteiger charge is 2.09. The van der Waals surface area contributed by atoms with Crippen LogP contribution in [0.2, 0.25) is 0 Å². The van der Waals surface area contributed by atoms with E-state index in [9.17, 15) is 4.79 Å². The number of carbonyl (C=O) groups excluding carboxylic acids is 1. The molecule has 0 atom stereocenters. The number of benzene rings is 2. The third kappa shape index (κ3) is 3.84. The summed E-state index contributed by atoms with van der Waals surface area (Å²) in [6, 6.07) is 14.7. The number of rotatable bonds is 5. The van der Waals surface area contributed by atoms with E-state index in [1.54, 1.807) is 18.2 Å². The van der Waals surface area contributed by atoms with E-state index >= 15 is 0 Å². The van der Waals surface area contributed by atoms with Gasteiger partial charge in [-0.15, -0.1) is 0 Å². The van der Waals surface area contributed by atoms with Crippen molar-refractivity contribution in [3.05, 3.63) is 58.6 Å². The Kier molecular flexibility index (Phi) is 5.18. The van der Waals surface area contributed by atoms with Crippen molar-refractivity contribution in [2.45, 2.75) is 13.3 Å². The molecule has 0 bridgehead atoms. The first-order valence-electron chi connectivity index (χ1n) is 6.49. The van der Waals surface area contributed by atoms with Crippen LogP contribution in [0.4, 0.5) is 5.69 Å². The maximum absolute atomic E-state index is 12.1. The van der Waals surface area contributed by atoms with Crippen LogP contribution in [0, 0.1) is 0 Å². The highest BCUT2D eigenvalue weighted by molar-refractivity contribution is 9.10. The van der Waals surface area contributed by atoms with E-state index in [0.29, 0.717) is 12.2 Å². The minimum Gasteiger partial charge on any atom is -0.492 e. The molecule has 2 aromatic rings. The second-order valence-corrected chi connectivity index (χ2v) is 5.17. The van der Waals surface area contributed by atoms with Gasteiger partial charge in [0.1, 0.15) is 5.75 Å². The number of para-hydroxylation sites is 1. The molecule has 2 aromatic carbocycles. The van der Waals surface area contributed by atoms with Crippen LogP contribution in [0.1, 0.15) is 23.7 Å². The number of ether oxygens (including phenoxy) is 1. The van der Waals surface area contributed by atoms with Gasteiger partial charge in [-0.3, -0.25) is 4.79 Å². The molecule has 0 radical (unpaired) electrons. The van der Waals surface area contributed by atoms with E-state index in [1.807, 2.05) is 30.3 Å². The predicted molar refractivity (Wildman–Crippen MR) is 84.3 cm³/mol. The Hall–Kier alpha value is -1.81. The summed E-state index contributed by atoms with van der Waals surface area (Å²) in [6.07, 6.45) is 0.947. The summed E-state index contributed by atoms with van der Waals surface area (Å²) in [4.78, 5) is 12.1. The second kappa shape index (κ2) is 7.10. The maximum atomic E-state index is 12.1. The fourth-order valence-electron chi connectivity index (χ4n) is 1.70. The molecule has 0 fully saturated rings. The lowest BCUT2D eigenvalue weighted by Gasteiger charge is -2.09. The van der Waals surface area contributed by atoms with Gasteiger partial charge < -0.3 is 10.1 Å². The Morgan fingerprint density at radius 3 is 2.60 bits per heavy atom. The van der Waals surface area contributed by atoms with E-state index in [1.165, 1.54) is 0 Å². The van der Waals surface area contributed by atoms with Crippen LogP contribution in [0.25, 0.3) is 0 Å². The lowest BCUT2D eigenvalue weighted by molar-refractivity contribution is 0.102. The number of halogens is 1. The fourth-order valence-corrected chi connectivity index (χ4v) is 2.19. The third-order valence-electron chi connectivity index (χ3n) is 2.69. The molecular formula is C16H16BrNO2. The van der Waals surface area contributed by atoms with Gasteiger partial charge in [0.05, 0.1) is 11.1 Å². The van der Waals surface area contributed by atoms with Gasteiger partial charge in [0, 0.05) is 11.3 Å². The van der Waals surface area contributed by atoms with Crippen molar-refractivity contribution in [1.82, 2.24) is 0 Å². The first-order valence-corrected chi connectivity index (χ1v) is 7.28. The topological polar surface area (TPSA) is 38.3 Å². The van der Waals surface area contributed by atoms with Crippen molar-refractivity contribution < 1.29 is 9.53 Å². The van der Waals surface area contributed by atoms with Gasteiger partial charge in [-0.25, -0.2) is 0 Å². The molecule has 0 aliphatic heterocycles. The monoisotopic (exact) mass is 333 g/mol. The molecule has 1 N–H and O–H groups in total. The number of amides is 1. The van der Waals surface area contributed by atoms with Crippen LogP contribution >= 0.6 is 15.9 Å². The quantitative estimate of drug-likeness (QED) is 0.875. The maximum Gasteiger partial charge on any atom is 0.255 e. The number of hydrogen-bond donors (Lipinski definition) is 1. The van der Waals surface area contributed by atoms with Crippen molar-refractivity contribution >= 4 is 27.5 Å². The van der Waals surface area contributed by atoms with Crippen molar-refractivity contribution in [1.29, 1.82) is 0 Å². The Balaban J connectivity index is 2.09. The Bertz CT molecular complexity index is 584. The van der Waals surface area contributed by atoms with Gasteiger partial charge in [-0.05, 0) is 52.7 Å². The third-order valence-corrected chi connectivity index (χ3v) is 3.31. The fraction of sp³-hybridized carbons (Fsp3) is 0.188. The molecule has 20 heavy (non-hydrogen) atoms. The molecule has 0 saturated heterocycles. The second-order valence-electron chi connectivity index (χ2n) is 4.31. The lowest BCUT2D eigenvalue weighted by Crippen LogP contribution is -2.11. The SMILES string of the molecule is CCCOc1ccc(C(=O)Nc2ccccc2)cc1Br. The summed E-state index contributed by atoms with van der Waals surface area (Å²) in [5.41, 5.74) is 1.37. The van der Waals surface area contributed by atoms with E-state index < -0.39 is 0 Å². The van der Waals surface area contributed by atoms with Crippen LogP contribution in [0.15, 0.2) is 53.0 Å². The van der Waals surface area contributed by atoms with Crippen molar-refractivity contribution in [3.8, 4) is 5.75 Å². The van der Waals surface area contributed by atoms with E-state index in [2.05, 4.69) is 28.2 Å². The van der Waals surface area contributed by atoms with Crippen molar-refractivity contribution in [3.63, 3.8) is 0 Å². The minimum absolute atomic E-state index is 0.140. The zero-order chi connectivity index (χ0) is 14.4. The van der Waals surface area contributed by atoms with Gasteiger partial charge in [0.2, 0.25) is 0 Å². The molecule has 0 aliphatic rings. The Morgan fingerprint density at radius 1 is 1.20 bits per heavy atom. The van der Waals surface area contributed by atoms with E-state index in [0.717, 1.165) is 22.3 Å². The highest BCUT2D eigenvalue weighted by Crippen LogP contribution is 2.26. The average molecular weight is 334 g/mol. The minimum atomic E-state index is -0.140. The molecular weight excluding hydrogens is 318 g/mol. The smallest absolute Gasteiger partial charge is 0.255 e. The molecule has 104 valence electrons. The zero-order valence-corrected chi connectivity index (χ0v) is 12.8. The predicted octanol–water partition coefficient (Wildman–Crippen LogP) is 4.49. The molecule has 4 heteroatoms. The first-order chi connectivity index (χ1) is 9.70. The summed E-state index contributed by atoms with van der Waals surface area (Å²) in [7, 11) is 0.